The summed E-state index contributed by atoms with van der Waals surface area (Å²) in [5.41, 5.74) is 0. The van der Waals surface area contributed by atoms with Gasteiger partial charge in [0.05, 0.1) is 0 Å². The summed E-state index contributed by atoms with van der Waals surface area (Å²) in [7, 11) is 0. The Balaban J connectivity index is 1.70. The molecule has 1 aromatic rings. The van der Waals surface area contributed by atoms with E-state index in [4.69, 9.17) is 4.74 Å². The number of hydrogen-bond donors (Lipinski definition) is 2. The number of rotatable bonds is 6. The number of benzene rings is 1. The third-order valence-electron chi connectivity index (χ3n) is 4.05. The van der Waals surface area contributed by atoms with Crippen molar-refractivity contribution in [3.8, 4) is 5.75 Å². The lowest BCUT2D eigenvalue weighted by Crippen LogP contribution is -2.37. The zero-order valence-electron chi connectivity index (χ0n) is 12.1. The van der Waals surface area contributed by atoms with Crippen molar-refractivity contribution in [1.29, 1.82) is 0 Å². The zero-order chi connectivity index (χ0) is 15.1. The maximum atomic E-state index is 12.7. The molecule has 2 N–H and O–H groups in total. The quantitative estimate of drug-likeness (QED) is 0.845. The second-order valence-electron chi connectivity index (χ2n) is 5.53. The Morgan fingerprint density at radius 3 is 2.57 bits per heavy atom. The second-order valence-corrected chi connectivity index (χ2v) is 5.53. The van der Waals surface area contributed by atoms with Crippen LogP contribution >= 0.6 is 0 Å². The van der Waals surface area contributed by atoms with Gasteiger partial charge in [0.1, 0.15) is 11.6 Å². The van der Waals surface area contributed by atoms with Crippen LogP contribution in [0.5, 0.6) is 5.75 Å². The van der Waals surface area contributed by atoms with E-state index in [0.29, 0.717) is 18.2 Å². The largest absolute Gasteiger partial charge is 0.484 e. The minimum absolute atomic E-state index is 0.0812. The van der Waals surface area contributed by atoms with Crippen LogP contribution in [-0.4, -0.2) is 30.8 Å². The molecule has 4 nitrogen and oxygen atoms in total. The van der Waals surface area contributed by atoms with Gasteiger partial charge in [0.25, 0.3) is 5.91 Å². The van der Waals surface area contributed by atoms with Crippen molar-refractivity contribution in [1.82, 2.24) is 5.32 Å². The summed E-state index contributed by atoms with van der Waals surface area (Å²) < 4.78 is 18.0. The van der Waals surface area contributed by atoms with Crippen molar-refractivity contribution in [3.63, 3.8) is 0 Å². The molecular formula is C16H22FNO3. The molecule has 1 aliphatic carbocycles. The van der Waals surface area contributed by atoms with E-state index in [2.05, 4.69) is 5.32 Å². The van der Waals surface area contributed by atoms with Crippen molar-refractivity contribution >= 4 is 5.91 Å². The first-order valence-electron chi connectivity index (χ1n) is 7.45. The fraction of sp³-hybridized carbons (Fsp3) is 0.562. The fourth-order valence-electron chi connectivity index (χ4n) is 2.77. The lowest BCUT2D eigenvalue weighted by Gasteiger charge is -2.30. The van der Waals surface area contributed by atoms with Gasteiger partial charge in [-0.3, -0.25) is 4.79 Å². The summed E-state index contributed by atoms with van der Waals surface area (Å²) in [6, 6.07) is 5.57. The van der Waals surface area contributed by atoms with Gasteiger partial charge in [-0.2, -0.15) is 0 Å². The van der Waals surface area contributed by atoms with Crippen LogP contribution in [0.1, 0.15) is 25.7 Å². The number of carbonyl (C=O) groups is 1. The first-order valence-corrected chi connectivity index (χ1v) is 7.45. The number of ether oxygens (including phenoxy) is 1. The molecule has 21 heavy (non-hydrogen) atoms. The molecule has 2 rings (SSSR count). The van der Waals surface area contributed by atoms with Crippen molar-refractivity contribution in [2.45, 2.75) is 25.7 Å². The van der Waals surface area contributed by atoms with E-state index in [1.807, 2.05) is 0 Å². The smallest absolute Gasteiger partial charge is 0.257 e. The molecule has 1 amide bonds. The van der Waals surface area contributed by atoms with Crippen LogP contribution in [0.3, 0.4) is 0 Å². The normalized spacial score (nSPS) is 21.8. The first-order chi connectivity index (χ1) is 10.2. The molecule has 1 saturated carbocycles. The van der Waals surface area contributed by atoms with Crippen molar-refractivity contribution in [2.75, 3.05) is 19.8 Å². The average Bonchev–Trinajstić information content (AvgIpc) is 2.52. The van der Waals surface area contributed by atoms with Gasteiger partial charge >= 0.3 is 0 Å². The van der Waals surface area contributed by atoms with Crippen LogP contribution in [0.15, 0.2) is 24.3 Å². The maximum absolute atomic E-state index is 12.7. The highest BCUT2D eigenvalue weighted by Gasteiger charge is 2.24. The number of amides is 1. The Labute approximate surface area is 124 Å². The van der Waals surface area contributed by atoms with Gasteiger partial charge in [-0.1, -0.05) is 12.8 Å². The fourth-order valence-corrected chi connectivity index (χ4v) is 2.77. The Morgan fingerprint density at radius 1 is 1.24 bits per heavy atom. The lowest BCUT2D eigenvalue weighted by atomic mass is 9.79. The highest BCUT2D eigenvalue weighted by atomic mass is 19.1. The Bertz CT molecular complexity index is 449. The van der Waals surface area contributed by atoms with E-state index in [-0.39, 0.29) is 30.9 Å². The third-order valence-corrected chi connectivity index (χ3v) is 4.05. The van der Waals surface area contributed by atoms with Gasteiger partial charge in [0, 0.05) is 13.2 Å². The van der Waals surface area contributed by atoms with Gasteiger partial charge in [-0.25, -0.2) is 4.39 Å². The van der Waals surface area contributed by atoms with Crippen LogP contribution in [0.25, 0.3) is 0 Å². The predicted octanol–water partition coefficient (Wildman–Crippen LogP) is 2.12. The molecule has 2 unspecified atom stereocenters. The zero-order valence-corrected chi connectivity index (χ0v) is 12.1. The molecule has 5 heteroatoms. The van der Waals surface area contributed by atoms with Crippen LogP contribution in [-0.2, 0) is 4.79 Å². The Kier molecular flexibility index (Phi) is 5.99. The predicted molar refractivity (Wildman–Crippen MR) is 77.4 cm³/mol. The molecule has 1 aromatic carbocycles. The highest BCUT2D eigenvalue weighted by Crippen LogP contribution is 2.29. The third kappa shape index (κ3) is 5.01. The van der Waals surface area contributed by atoms with E-state index >= 15 is 0 Å². The van der Waals surface area contributed by atoms with E-state index in [1.54, 1.807) is 0 Å². The number of nitrogens with one attached hydrogen (secondary N) is 1. The topological polar surface area (TPSA) is 58.6 Å². The highest BCUT2D eigenvalue weighted by molar-refractivity contribution is 5.77. The van der Waals surface area contributed by atoms with Crippen LogP contribution in [0, 0.1) is 17.7 Å². The molecule has 0 spiro atoms. The molecular weight excluding hydrogens is 273 g/mol. The van der Waals surface area contributed by atoms with E-state index in [0.717, 1.165) is 25.7 Å². The van der Waals surface area contributed by atoms with Crippen LogP contribution in [0.4, 0.5) is 4.39 Å². The van der Waals surface area contributed by atoms with Crippen molar-refractivity contribution in [2.24, 2.45) is 11.8 Å². The van der Waals surface area contributed by atoms with Crippen LogP contribution < -0.4 is 10.1 Å². The number of hydrogen-bond acceptors (Lipinski definition) is 3. The van der Waals surface area contributed by atoms with E-state index in [9.17, 15) is 14.3 Å². The number of aliphatic hydroxyl groups is 1. The second kappa shape index (κ2) is 7.98. The van der Waals surface area contributed by atoms with Gasteiger partial charge in [0.15, 0.2) is 6.61 Å². The van der Waals surface area contributed by atoms with E-state index in [1.165, 1.54) is 24.3 Å². The molecule has 0 aliphatic heterocycles. The van der Waals surface area contributed by atoms with Gasteiger partial charge < -0.3 is 15.2 Å². The molecule has 0 heterocycles. The number of halogens is 1. The maximum Gasteiger partial charge on any atom is 0.257 e. The molecule has 0 bridgehead atoms. The van der Waals surface area contributed by atoms with Crippen LogP contribution in [0.2, 0.25) is 0 Å². The molecule has 0 radical (unpaired) electrons. The lowest BCUT2D eigenvalue weighted by molar-refractivity contribution is -0.123. The SMILES string of the molecule is O=C(COc1ccc(F)cc1)NCC1CCCCC1CO. The molecule has 1 fully saturated rings. The summed E-state index contributed by atoms with van der Waals surface area (Å²) >= 11 is 0. The Hall–Kier alpha value is -1.62. The van der Waals surface area contributed by atoms with Crippen molar-refractivity contribution in [3.05, 3.63) is 30.1 Å². The summed E-state index contributed by atoms with van der Waals surface area (Å²) in [4.78, 5) is 11.7. The molecule has 0 aromatic heterocycles. The molecule has 1 aliphatic rings. The number of carbonyl (C=O) groups excluding carboxylic acids is 1. The summed E-state index contributed by atoms with van der Waals surface area (Å²) in [5, 5.41) is 12.2. The number of aliphatic hydroxyl groups excluding tert-OH is 1. The van der Waals surface area contributed by atoms with E-state index < -0.39 is 0 Å². The van der Waals surface area contributed by atoms with Crippen molar-refractivity contribution < 1.29 is 19.0 Å². The average molecular weight is 295 g/mol. The Morgan fingerprint density at radius 2 is 1.90 bits per heavy atom. The first kappa shape index (κ1) is 15.8. The summed E-state index contributed by atoms with van der Waals surface area (Å²) in [6.07, 6.45) is 4.39. The minimum atomic E-state index is -0.334. The monoisotopic (exact) mass is 295 g/mol. The standard InChI is InChI=1S/C16H22FNO3/c17-14-5-7-15(8-6-14)21-11-16(20)18-9-12-3-1-2-4-13(12)10-19/h5-8,12-13,19H,1-4,9-11H2,(H,18,20). The molecule has 116 valence electrons. The van der Waals surface area contributed by atoms with Gasteiger partial charge in [-0.15, -0.1) is 0 Å². The van der Waals surface area contributed by atoms with Gasteiger partial charge in [-0.05, 0) is 48.9 Å². The molecule has 2 atom stereocenters. The summed E-state index contributed by atoms with van der Waals surface area (Å²) in [5.74, 6) is 0.578. The minimum Gasteiger partial charge on any atom is -0.484 e. The van der Waals surface area contributed by atoms with Gasteiger partial charge in [0.2, 0.25) is 0 Å². The molecule has 0 saturated heterocycles. The summed E-state index contributed by atoms with van der Waals surface area (Å²) in [6.45, 7) is 0.686.